The molecule has 0 amide bonds. The van der Waals surface area contributed by atoms with E-state index in [0.29, 0.717) is 12.1 Å². The fourth-order valence-electron chi connectivity index (χ4n) is 2.61. The van der Waals surface area contributed by atoms with Crippen LogP contribution in [-0.4, -0.2) is 47.5 Å². The van der Waals surface area contributed by atoms with Crippen LogP contribution in [0.4, 0.5) is 0 Å². The molecule has 0 saturated carbocycles. The summed E-state index contributed by atoms with van der Waals surface area (Å²) in [5.41, 5.74) is 1.38. The molecule has 1 aromatic rings. The number of thioether (sulfide) groups is 1. The van der Waals surface area contributed by atoms with Gasteiger partial charge in [-0.2, -0.15) is 0 Å². The summed E-state index contributed by atoms with van der Waals surface area (Å²) in [7, 11) is 0. The molecule has 2 atom stereocenters. The highest BCUT2D eigenvalue weighted by molar-refractivity contribution is 8.14. The van der Waals surface area contributed by atoms with Crippen LogP contribution in [0.15, 0.2) is 35.3 Å². The van der Waals surface area contributed by atoms with Gasteiger partial charge in [-0.1, -0.05) is 55.9 Å². The van der Waals surface area contributed by atoms with Crippen molar-refractivity contribution in [3.05, 3.63) is 35.9 Å². The van der Waals surface area contributed by atoms with Crippen LogP contribution in [0.3, 0.4) is 0 Å². The van der Waals surface area contributed by atoms with E-state index >= 15 is 0 Å². The molecule has 0 radical (unpaired) electrons. The van der Waals surface area contributed by atoms with Gasteiger partial charge in [-0.15, -0.1) is 0 Å². The molecule has 2 unspecified atom stereocenters. The van der Waals surface area contributed by atoms with Crippen molar-refractivity contribution in [2.24, 2.45) is 4.99 Å². The molecule has 0 spiro atoms. The lowest BCUT2D eigenvalue weighted by Crippen LogP contribution is -2.40. The molecule has 1 N–H and O–H groups in total. The van der Waals surface area contributed by atoms with Crippen molar-refractivity contribution in [2.45, 2.75) is 39.3 Å². The summed E-state index contributed by atoms with van der Waals surface area (Å²) >= 11 is 1.86. The smallest absolute Gasteiger partial charge is 0.157 e. The van der Waals surface area contributed by atoms with Crippen molar-refractivity contribution in [3.63, 3.8) is 0 Å². The van der Waals surface area contributed by atoms with Crippen LogP contribution in [-0.2, 0) is 6.42 Å². The Kier molecular flexibility index (Phi) is 6.58. The Morgan fingerprint density at radius 2 is 2.00 bits per heavy atom. The molecule has 3 nitrogen and oxygen atoms in total. The minimum absolute atomic E-state index is 0.417. The summed E-state index contributed by atoms with van der Waals surface area (Å²) in [5.74, 6) is 1.09. The predicted octanol–water partition coefficient (Wildman–Crippen LogP) is 3.02. The maximum atomic E-state index is 4.83. The van der Waals surface area contributed by atoms with Gasteiger partial charge in [-0.05, 0) is 32.0 Å². The van der Waals surface area contributed by atoms with Gasteiger partial charge in [-0.25, -0.2) is 0 Å². The van der Waals surface area contributed by atoms with Gasteiger partial charge in [0.15, 0.2) is 5.17 Å². The molecule has 1 aliphatic rings. The number of likely N-dealkylation sites (N-methyl/N-ethyl adjacent to an activating group) is 1. The number of nitrogens with zero attached hydrogens (tertiary/aromatic N) is 2. The number of aliphatic imine (C=N–C) groups is 1. The summed E-state index contributed by atoms with van der Waals surface area (Å²) in [4.78, 5) is 7.28. The minimum Gasteiger partial charge on any atom is -0.361 e. The van der Waals surface area contributed by atoms with E-state index in [0.717, 1.165) is 37.0 Å². The van der Waals surface area contributed by atoms with Crippen LogP contribution in [0.25, 0.3) is 0 Å². The molecule has 0 aliphatic carbocycles. The van der Waals surface area contributed by atoms with E-state index in [4.69, 9.17) is 4.99 Å². The van der Waals surface area contributed by atoms with E-state index in [1.165, 1.54) is 5.56 Å². The zero-order chi connectivity index (χ0) is 15.1. The Morgan fingerprint density at radius 3 is 2.67 bits per heavy atom. The zero-order valence-electron chi connectivity index (χ0n) is 13.4. The summed E-state index contributed by atoms with van der Waals surface area (Å²) < 4.78 is 0. The Morgan fingerprint density at radius 1 is 1.29 bits per heavy atom. The third kappa shape index (κ3) is 5.36. The first-order valence-corrected chi connectivity index (χ1v) is 8.93. The quantitative estimate of drug-likeness (QED) is 0.839. The van der Waals surface area contributed by atoms with E-state index in [2.05, 4.69) is 61.3 Å². The second kappa shape index (κ2) is 8.44. The Hall–Kier alpha value is -1.00. The molecule has 21 heavy (non-hydrogen) atoms. The third-order valence-electron chi connectivity index (χ3n) is 3.82. The molecular weight excluding hydrogens is 278 g/mol. The summed E-state index contributed by atoms with van der Waals surface area (Å²) in [6.45, 7) is 9.97. The molecule has 0 fully saturated rings. The lowest BCUT2D eigenvalue weighted by molar-refractivity contribution is 0.282. The van der Waals surface area contributed by atoms with Gasteiger partial charge in [-0.3, -0.25) is 4.99 Å². The summed E-state index contributed by atoms with van der Waals surface area (Å²) in [6.07, 6.45) is 1.05. The number of rotatable bonds is 7. The fourth-order valence-corrected chi connectivity index (χ4v) is 3.66. The van der Waals surface area contributed by atoms with Crippen LogP contribution in [0.2, 0.25) is 0 Å². The van der Waals surface area contributed by atoms with Gasteiger partial charge in [0.25, 0.3) is 0 Å². The molecule has 4 heteroatoms. The highest BCUT2D eigenvalue weighted by Gasteiger charge is 2.20. The summed E-state index contributed by atoms with van der Waals surface area (Å²) in [6, 6.07) is 11.5. The van der Waals surface area contributed by atoms with E-state index in [9.17, 15) is 0 Å². The van der Waals surface area contributed by atoms with Crippen LogP contribution >= 0.6 is 11.8 Å². The Bertz CT molecular complexity index is 443. The van der Waals surface area contributed by atoms with Crippen LogP contribution < -0.4 is 5.32 Å². The number of hydrogen-bond acceptors (Lipinski definition) is 4. The largest absolute Gasteiger partial charge is 0.361 e. The normalized spacial score (nSPS) is 19.6. The van der Waals surface area contributed by atoms with Crippen molar-refractivity contribution in [1.82, 2.24) is 10.2 Å². The molecule has 0 bridgehead atoms. The maximum Gasteiger partial charge on any atom is 0.157 e. The second-order valence-electron chi connectivity index (χ2n) is 5.62. The van der Waals surface area contributed by atoms with Crippen molar-refractivity contribution in [2.75, 3.05) is 25.4 Å². The van der Waals surface area contributed by atoms with Gasteiger partial charge in [0.05, 0.1) is 6.04 Å². The molecule has 0 aromatic heterocycles. The highest BCUT2D eigenvalue weighted by atomic mass is 32.2. The van der Waals surface area contributed by atoms with Crippen molar-refractivity contribution in [3.8, 4) is 0 Å². The number of hydrogen-bond donors (Lipinski definition) is 1. The monoisotopic (exact) mass is 305 g/mol. The number of nitrogens with one attached hydrogen (secondary N) is 1. The number of amidine groups is 1. The average Bonchev–Trinajstić information content (AvgIpc) is 2.92. The fraction of sp³-hybridized carbons (Fsp3) is 0.588. The minimum atomic E-state index is 0.417. The van der Waals surface area contributed by atoms with Crippen molar-refractivity contribution >= 4 is 16.9 Å². The summed E-state index contributed by atoms with van der Waals surface area (Å²) in [5, 5.41) is 4.69. The topological polar surface area (TPSA) is 27.6 Å². The van der Waals surface area contributed by atoms with Gasteiger partial charge >= 0.3 is 0 Å². The molecule has 1 aromatic carbocycles. The lowest BCUT2D eigenvalue weighted by atomic mass is 10.1. The van der Waals surface area contributed by atoms with Gasteiger partial charge < -0.3 is 10.2 Å². The van der Waals surface area contributed by atoms with E-state index in [1.807, 2.05) is 11.8 Å². The molecule has 2 rings (SSSR count). The molecule has 1 heterocycles. The Labute approximate surface area is 133 Å². The van der Waals surface area contributed by atoms with Gasteiger partial charge in [0.1, 0.15) is 0 Å². The lowest BCUT2D eigenvalue weighted by Gasteiger charge is -2.23. The first kappa shape index (κ1) is 16.4. The van der Waals surface area contributed by atoms with Crippen LogP contribution in [0.5, 0.6) is 0 Å². The highest BCUT2D eigenvalue weighted by Crippen LogP contribution is 2.20. The molecule has 1 aliphatic heterocycles. The van der Waals surface area contributed by atoms with E-state index < -0.39 is 0 Å². The van der Waals surface area contributed by atoms with E-state index in [1.54, 1.807) is 0 Å². The van der Waals surface area contributed by atoms with Crippen molar-refractivity contribution < 1.29 is 0 Å². The average molecular weight is 305 g/mol. The first-order valence-electron chi connectivity index (χ1n) is 7.94. The van der Waals surface area contributed by atoms with Crippen LogP contribution in [0, 0.1) is 0 Å². The SMILES string of the molecule is CCN(CC)CC(C)NC1=NC(Cc2ccccc2)CS1. The Balaban J connectivity index is 1.81. The van der Waals surface area contributed by atoms with Gasteiger partial charge in [0, 0.05) is 18.3 Å². The molecular formula is C17H27N3S. The van der Waals surface area contributed by atoms with Crippen LogP contribution in [0.1, 0.15) is 26.3 Å². The van der Waals surface area contributed by atoms with Crippen molar-refractivity contribution in [1.29, 1.82) is 0 Å². The number of benzene rings is 1. The second-order valence-corrected chi connectivity index (χ2v) is 6.63. The molecule has 116 valence electrons. The molecule has 0 saturated heterocycles. The third-order valence-corrected chi connectivity index (χ3v) is 4.87. The zero-order valence-corrected chi connectivity index (χ0v) is 14.2. The standard InChI is InChI=1S/C17H27N3S/c1-4-20(5-2)12-14(3)18-17-19-16(13-21-17)11-15-9-7-6-8-10-15/h6-10,14,16H,4-5,11-13H2,1-3H3,(H,18,19). The maximum absolute atomic E-state index is 4.83. The first-order chi connectivity index (χ1) is 10.2. The van der Waals surface area contributed by atoms with E-state index in [-0.39, 0.29) is 0 Å². The van der Waals surface area contributed by atoms with Gasteiger partial charge in [0.2, 0.25) is 0 Å². The predicted molar refractivity (Wildman–Crippen MR) is 94.2 cm³/mol.